The molecule has 2 aliphatic rings. The number of carbonyl (C=O) groups is 1. The number of hydrogen-bond acceptors (Lipinski definition) is 3. The predicted molar refractivity (Wildman–Crippen MR) is 77.5 cm³/mol. The molecule has 19 heavy (non-hydrogen) atoms. The number of carbonyl (C=O) groups excluding carboxylic acids is 1. The van der Waals surface area contributed by atoms with Crippen LogP contribution in [0.4, 0.5) is 11.4 Å². The van der Waals surface area contributed by atoms with E-state index in [0.717, 1.165) is 31.0 Å². The first-order valence-electron chi connectivity index (χ1n) is 6.71. The van der Waals surface area contributed by atoms with E-state index in [-0.39, 0.29) is 0 Å². The SMILES string of the molecule is NC(=O)c1cc(N)cc(Cl)c1N(CC1CC1)C1CC1. The van der Waals surface area contributed by atoms with Crippen LogP contribution in [-0.2, 0) is 0 Å². The van der Waals surface area contributed by atoms with Crippen LogP contribution in [0.1, 0.15) is 36.0 Å². The number of benzene rings is 1. The van der Waals surface area contributed by atoms with E-state index < -0.39 is 5.91 Å². The second-order valence-corrected chi connectivity index (χ2v) is 6.00. The van der Waals surface area contributed by atoms with Crippen molar-refractivity contribution in [3.05, 3.63) is 22.7 Å². The number of nitrogen functional groups attached to an aromatic ring is 1. The van der Waals surface area contributed by atoms with Crippen molar-refractivity contribution < 1.29 is 4.79 Å². The first kappa shape index (κ1) is 12.6. The number of amides is 1. The predicted octanol–water partition coefficient (Wildman–Crippen LogP) is 2.40. The summed E-state index contributed by atoms with van der Waals surface area (Å²) in [7, 11) is 0. The fourth-order valence-electron chi connectivity index (χ4n) is 2.49. The molecular formula is C14H18ClN3O. The Labute approximate surface area is 117 Å². The summed E-state index contributed by atoms with van der Waals surface area (Å²) in [6.07, 6.45) is 4.85. The quantitative estimate of drug-likeness (QED) is 0.813. The monoisotopic (exact) mass is 279 g/mol. The normalized spacial score (nSPS) is 18.4. The van der Waals surface area contributed by atoms with E-state index in [1.807, 2.05) is 0 Å². The summed E-state index contributed by atoms with van der Waals surface area (Å²) in [4.78, 5) is 13.9. The topological polar surface area (TPSA) is 72.3 Å². The van der Waals surface area contributed by atoms with E-state index in [1.54, 1.807) is 12.1 Å². The molecule has 0 unspecified atom stereocenters. The van der Waals surface area contributed by atoms with Crippen LogP contribution in [0.2, 0.25) is 5.02 Å². The van der Waals surface area contributed by atoms with E-state index in [2.05, 4.69) is 4.90 Å². The molecule has 0 heterocycles. The highest BCUT2D eigenvalue weighted by Crippen LogP contribution is 2.42. The second kappa shape index (κ2) is 4.60. The summed E-state index contributed by atoms with van der Waals surface area (Å²) in [6, 6.07) is 3.83. The van der Waals surface area contributed by atoms with Gasteiger partial charge in [-0.25, -0.2) is 0 Å². The van der Waals surface area contributed by atoms with Crippen LogP contribution >= 0.6 is 11.6 Å². The van der Waals surface area contributed by atoms with Gasteiger partial charge < -0.3 is 16.4 Å². The van der Waals surface area contributed by atoms with Gasteiger partial charge in [0.2, 0.25) is 0 Å². The molecule has 2 fully saturated rings. The van der Waals surface area contributed by atoms with Crippen molar-refractivity contribution in [2.75, 3.05) is 17.2 Å². The molecular weight excluding hydrogens is 262 g/mol. The highest BCUT2D eigenvalue weighted by molar-refractivity contribution is 6.34. The Morgan fingerprint density at radius 3 is 2.53 bits per heavy atom. The van der Waals surface area contributed by atoms with Gasteiger partial charge in [-0.2, -0.15) is 0 Å². The van der Waals surface area contributed by atoms with Crippen LogP contribution in [0.25, 0.3) is 0 Å². The number of halogens is 1. The number of rotatable bonds is 5. The van der Waals surface area contributed by atoms with Crippen molar-refractivity contribution in [1.29, 1.82) is 0 Å². The Balaban J connectivity index is 2.02. The first-order chi connectivity index (χ1) is 9.06. The van der Waals surface area contributed by atoms with E-state index in [1.165, 1.54) is 12.8 Å². The van der Waals surface area contributed by atoms with Crippen molar-refractivity contribution in [2.24, 2.45) is 11.7 Å². The lowest BCUT2D eigenvalue weighted by Crippen LogP contribution is -2.31. The van der Waals surface area contributed by atoms with Crippen molar-refractivity contribution in [2.45, 2.75) is 31.7 Å². The van der Waals surface area contributed by atoms with Gasteiger partial charge in [-0.3, -0.25) is 4.79 Å². The molecule has 1 aromatic rings. The average Bonchev–Trinajstić information content (AvgIpc) is 3.19. The lowest BCUT2D eigenvalue weighted by atomic mass is 10.1. The maximum absolute atomic E-state index is 11.7. The van der Waals surface area contributed by atoms with Gasteiger partial charge in [0.1, 0.15) is 0 Å². The molecule has 1 amide bonds. The standard InChI is InChI=1S/C14H18ClN3O/c15-12-6-9(16)5-11(14(17)19)13(12)18(10-3-4-10)7-8-1-2-8/h5-6,8,10H,1-4,7,16H2,(H2,17,19). The number of anilines is 2. The zero-order valence-corrected chi connectivity index (χ0v) is 11.5. The van der Waals surface area contributed by atoms with Crippen LogP contribution < -0.4 is 16.4 Å². The molecule has 0 radical (unpaired) electrons. The molecule has 5 heteroatoms. The third kappa shape index (κ3) is 2.63. The molecule has 4 N–H and O–H groups in total. The number of nitrogens with zero attached hydrogens (tertiary/aromatic N) is 1. The summed E-state index contributed by atoms with van der Waals surface area (Å²) < 4.78 is 0. The van der Waals surface area contributed by atoms with E-state index in [4.69, 9.17) is 23.1 Å². The molecule has 4 nitrogen and oxygen atoms in total. The summed E-state index contributed by atoms with van der Waals surface area (Å²) in [5.41, 5.74) is 12.9. The van der Waals surface area contributed by atoms with Crippen LogP contribution in [-0.4, -0.2) is 18.5 Å². The summed E-state index contributed by atoms with van der Waals surface area (Å²) >= 11 is 6.32. The highest BCUT2D eigenvalue weighted by Gasteiger charge is 2.36. The Morgan fingerprint density at radius 2 is 2.00 bits per heavy atom. The molecule has 3 rings (SSSR count). The number of primary amides is 1. The summed E-state index contributed by atoms with van der Waals surface area (Å²) in [5.74, 6) is 0.264. The Bertz CT molecular complexity index is 524. The average molecular weight is 280 g/mol. The van der Waals surface area contributed by atoms with Gasteiger partial charge in [-0.1, -0.05) is 11.6 Å². The summed E-state index contributed by atoms with van der Waals surface area (Å²) in [6.45, 7) is 0.967. The Kier molecular flexibility index (Phi) is 3.05. The molecule has 0 aromatic heterocycles. The Hall–Kier alpha value is -1.42. The van der Waals surface area contributed by atoms with Gasteiger partial charge in [-0.15, -0.1) is 0 Å². The number of hydrogen-bond donors (Lipinski definition) is 2. The summed E-state index contributed by atoms with van der Waals surface area (Å²) in [5, 5.41) is 0.529. The fraction of sp³-hybridized carbons (Fsp3) is 0.500. The maximum Gasteiger partial charge on any atom is 0.250 e. The second-order valence-electron chi connectivity index (χ2n) is 5.59. The van der Waals surface area contributed by atoms with Crippen molar-refractivity contribution in [1.82, 2.24) is 0 Å². The van der Waals surface area contributed by atoms with Crippen LogP contribution in [0, 0.1) is 5.92 Å². The first-order valence-corrected chi connectivity index (χ1v) is 7.09. The van der Waals surface area contributed by atoms with Crippen molar-refractivity contribution in [3.8, 4) is 0 Å². The zero-order chi connectivity index (χ0) is 13.6. The van der Waals surface area contributed by atoms with Gasteiger partial charge in [0.25, 0.3) is 5.91 Å². The molecule has 1 aromatic carbocycles. The van der Waals surface area contributed by atoms with Crippen molar-refractivity contribution in [3.63, 3.8) is 0 Å². The van der Waals surface area contributed by atoms with Gasteiger partial charge in [0.05, 0.1) is 16.3 Å². The van der Waals surface area contributed by atoms with Gasteiger partial charge in [-0.05, 0) is 43.7 Å². The van der Waals surface area contributed by atoms with Crippen molar-refractivity contribution >= 4 is 28.9 Å². The van der Waals surface area contributed by atoms with Gasteiger partial charge in [0.15, 0.2) is 0 Å². The minimum absolute atomic E-state index is 0.442. The third-order valence-electron chi connectivity index (χ3n) is 3.78. The fourth-order valence-corrected chi connectivity index (χ4v) is 2.82. The zero-order valence-electron chi connectivity index (χ0n) is 10.7. The minimum atomic E-state index is -0.467. The molecule has 2 saturated carbocycles. The molecule has 2 aliphatic carbocycles. The molecule has 0 aliphatic heterocycles. The smallest absolute Gasteiger partial charge is 0.250 e. The Morgan fingerprint density at radius 1 is 1.32 bits per heavy atom. The number of nitrogens with two attached hydrogens (primary N) is 2. The molecule has 0 bridgehead atoms. The van der Waals surface area contributed by atoms with Crippen LogP contribution in [0.5, 0.6) is 0 Å². The van der Waals surface area contributed by atoms with E-state index >= 15 is 0 Å². The molecule has 0 saturated heterocycles. The maximum atomic E-state index is 11.7. The van der Waals surface area contributed by atoms with Gasteiger partial charge >= 0.3 is 0 Å². The molecule has 0 spiro atoms. The molecule has 102 valence electrons. The van der Waals surface area contributed by atoms with Crippen LogP contribution in [0.3, 0.4) is 0 Å². The lowest BCUT2D eigenvalue weighted by molar-refractivity contribution is 0.100. The highest BCUT2D eigenvalue weighted by atomic mass is 35.5. The molecule has 0 atom stereocenters. The van der Waals surface area contributed by atoms with Gasteiger partial charge in [0, 0.05) is 18.3 Å². The largest absolute Gasteiger partial charge is 0.399 e. The van der Waals surface area contributed by atoms with E-state index in [0.29, 0.717) is 22.3 Å². The van der Waals surface area contributed by atoms with E-state index in [9.17, 15) is 4.79 Å². The third-order valence-corrected chi connectivity index (χ3v) is 4.07. The van der Waals surface area contributed by atoms with Crippen LogP contribution in [0.15, 0.2) is 12.1 Å². The lowest BCUT2D eigenvalue weighted by Gasteiger charge is -2.27. The minimum Gasteiger partial charge on any atom is -0.399 e.